The Kier molecular flexibility index (Phi) is 4.28. The molecule has 5 heteroatoms. The summed E-state index contributed by atoms with van der Waals surface area (Å²) in [5.74, 6) is -0.0826. The third-order valence-corrected chi connectivity index (χ3v) is 3.86. The third-order valence-electron chi connectivity index (χ3n) is 3.86. The van der Waals surface area contributed by atoms with E-state index in [2.05, 4.69) is 22.5 Å². The summed E-state index contributed by atoms with van der Waals surface area (Å²) in [4.78, 5) is 12.2. The lowest BCUT2D eigenvalue weighted by Gasteiger charge is -2.12. The van der Waals surface area contributed by atoms with Gasteiger partial charge in [0.15, 0.2) is 0 Å². The second kappa shape index (κ2) is 6.52. The molecule has 0 aliphatic rings. The van der Waals surface area contributed by atoms with E-state index >= 15 is 0 Å². The Morgan fingerprint density at radius 1 is 1.22 bits per heavy atom. The van der Waals surface area contributed by atoms with Crippen LogP contribution in [0.25, 0.3) is 0 Å². The minimum absolute atomic E-state index is 0.0826. The molecule has 3 aromatic rings. The molecular formula is C18H20N4O. The highest BCUT2D eigenvalue weighted by Gasteiger charge is 2.14. The van der Waals surface area contributed by atoms with Crippen LogP contribution < -0.4 is 5.32 Å². The monoisotopic (exact) mass is 308 g/mol. The van der Waals surface area contributed by atoms with Crippen molar-refractivity contribution in [3.63, 3.8) is 0 Å². The van der Waals surface area contributed by atoms with Crippen LogP contribution >= 0.6 is 0 Å². The van der Waals surface area contributed by atoms with E-state index in [0.717, 1.165) is 12.1 Å². The molecule has 23 heavy (non-hydrogen) atoms. The molecule has 2 heterocycles. The zero-order valence-electron chi connectivity index (χ0n) is 13.3. The van der Waals surface area contributed by atoms with Gasteiger partial charge in [-0.15, -0.1) is 0 Å². The molecule has 0 saturated heterocycles. The van der Waals surface area contributed by atoms with Gasteiger partial charge in [-0.05, 0) is 24.6 Å². The molecule has 0 spiro atoms. The summed E-state index contributed by atoms with van der Waals surface area (Å²) in [6, 6.07) is 13.7. The molecule has 2 aromatic heterocycles. The molecule has 118 valence electrons. The summed E-state index contributed by atoms with van der Waals surface area (Å²) < 4.78 is 3.69. The Morgan fingerprint density at radius 3 is 2.70 bits per heavy atom. The second-order valence-corrected chi connectivity index (χ2v) is 5.66. The molecule has 0 aliphatic heterocycles. The van der Waals surface area contributed by atoms with Gasteiger partial charge in [-0.1, -0.05) is 30.3 Å². The Hall–Kier alpha value is -2.82. The molecule has 1 unspecified atom stereocenters. The van der Waals surface area contributed by atoms with Gasteiger partial charge < -0.3 is 9.88 Å². The Bertz CT molecular complexity index is 788. The lowest BCUT2D eigenvalue weighted by molar-refractivity contribution is 0.0931. The lowest BCUT2D eigenvalue weighted by Crippen LogP contribution is -2.28. The van der Waals surface area contributed by atoms with E-state index in [1.165, 1.54) is 5.56 Å². The summed E-state index contributed by atoms with van der Waals surface area (Å²) in [6.45, 7) is 2.68. The van der Waals surface area contributed by atoms with E-state index in [1.54, 1.807) is 16.8 Å². The first-order valence-electron chi connectivity index (χ1n) is 7.62. The van der Waals surface area contributed by atoms with Crippen LogP contribution in [0.3, 0.4) is 0 Å². The van der Waals surface area contributed by atoms with Crippen molar-refractivity contribution in [3.05, 3.63) is 77.9 Å². The van der Waals surface area contributed by atoms with Gasteiger partial charge in [-0.2, -0.15) is 5.10 Å². The van der Waals surface area contributed by atoms with Crippen LogP contribution in [0.5, 0.6) is 0 Å². The van der Waals surface area contributed by atoms with Gasteiger partial charge in [0.2, 0.25) is 0 Å². The van der Waals surface area contributed by atoms with Crippen molar-refractivity contribution >= 4 is 5.91 Å². The normalized spacial score (nSPS) is 12.1. The molecule has 1 atom stereocenters. The van der Waals surface area contributed by atoms with E-state index in [9.17, 15) is 4.79 Å². The molecule has 0 saturated carbocycles. The maximum absolute atomic E-state index is 12.2. The number of carbonyl (C=O) groups is 1. The van der Waals surface area contributed by atoms with Crippen molar-refractivity contribution in [2.24, 2.45) is 7.05 Å². The Labute approximate surface area is 135 Å². The first-order chi connectivity index (χ1) is 11.1. The van der Waals surface area contributed by atoms with Crippen LogP contribution in [0.1, 0.15) is 34.6 Å². The van der Waals surface area contributed by atoms with Gasteiger partial charge in [0.1, 0.15) is 5.69 Å². The van der Waals surface area contributed by atoms with Crippen molar-refractivity contribution in [1.82, 2.24) is 19.7 Å². The minimum Gasteiger partial charge on any atom is -0.347 e. The molecule has 0 aliphatic carbocycles. The minimum atomic E-state index is -0.0954. The number of hydrogen-bond donors (Lipinski definition) is 1. The molecular weight excluding hydrogens is 288 g/mol. The fraction of sp³-hybridized carbons (Fsp3) is 0.222. The summed E-state index contributed by atoms with van der Waals surface area (Å²) in [5, 5.41) is 7.38. The van der Waals surface area contributed by atoms with Gasteiger partial charge >= 0.3 is 0 Å². The number of aryl methyl sites for hydroxylation is 1. The number of nitrogens with one attached hydrogen (secondary N) is 1. The quantitative estimate of drug-likeness (QED) is 0.788. The highest BCUT2D eigenvalue weighted by Crippen LogP contribution is 2.13. The fourth-order valence-electron chi connectivity index (χ4n) is 2.51. The SMILES string of the molecule is CC(NC(=O)c1cccn1C)c1cnn(Cc2ccccc2)c1. The fourth-order valence-corrected chi connectivity index (χ4v) is 2.51. The third kappa shape index (κ3) is 3.51. The largest absolute Gasteiger partial charge is 0.347 e. The molecule has 0 radical (unpaired) electrons. The predicted octanol–water partition coefficient (Wildman–Crippen LogP) is 2.76. The number of nitrogens with zero attached hydrogens (tertiary/aromatic N) is 3. The first-order valence-corrected chi connectivity index (χ1v) is 7.62. The predicted molar refractivity (Wildman–Crippen MR) is 89.1 cm³/mol. The van der Waals surface area contributed by atoms with Crippen LogP contribution in [0.15, 0.2) is 61.1 Å². The first kappa shape index (κ1) is 15.1. The highest BCUT2D eigenvalue weighted by atomic mass is 16.2. The standard InChI is InChI=1S/C18H20N4O/c1-14(20-18(23)17-9-6-10-21(17)2)16-11-19-22(13-16)12-15-7-4-3-5-8-15/h3-11,13-14H,12H2,1-2H3,(H,20,23). The average Bonchev–Trinajstić information content (AvgIpc) is 3.17. The van der Waals surface area contributed by atoms with Gasteiger partial charge in [-0.25, -0.2) is 0 Å². The van der Waals surface area contributed by atoms with Gasteiger partial charge in [0.25, 0.3) is 5.91 Å². The van der Waals surface area contributed by atoms with Crippen molar-refractivity contribution in [3.8, 4) is 0 Å². The zero-order chi connectivity index (χ0) is 16.2. The van der Waals surface area contributed by atoms with Gasteiger partial charge in [0.05, 0.1) is 18.8 Å². The molecule has 1 aromatic carbocycles. The number of hydrogen-bond acceptors (Lipinski definition) is 2. The summed E-state index contributed by atoms with van der Waals surface area (Å²) >= 11 is 0. The van der Waals surface area contributed by atoms with E-state index in [-0.39, 0.29) is 11.9 Å². The highest BCUT2D eigenvalue weighted by molar-refractivity contribution is 5.92. The maximum atomic E-state index is 12.2. The van der Waals surface area contributed by atoms with Crippen LogP contribution in [0.4, 0.5) is 0 Å². The molecule has 1 N–H and O–H groups in total. The van der Waals surface area contributed by atoms with Crippen LogP contribution in [-0.2, 0) is 13.6 Å². The van der Waals surface area contributed by atoms with E-state index in [4.69, 9.17) is 0 Å². The van der Waals surface area contributed by atoms with Gasteiger partial charge in [0, 0.05) is 25.0 Å². The summed E-state index contributed by atoms with van der Waals surface area (Å²) in [6.07, 6.45) is 5.64. The van der Waals surface area contributed by atoms with Gasteiger partial charge in [-0.3, -0.25) is 9.48 Å². The molecule has 5 nitrogen and oxygen atoms in total. The van der Waals surface area contributed by atoms with Crippen LogP contribution in [-0.4, -0.2) is 20.3 Å². The van der Waals surface area contributed by atoms with Crippen molar-refractivity contribution in [1.29, 1.82) is 0 Å². The number of amides is 1. The number of carbonyl (C=O) groups excluding carboxylic acids is 1. The smallest absolute Gasteiger partial charge is 0.268 e. The molecule has 1 amide bonds. The topological polar surface area (TPSA) is 51.9 Å². The molecule has 3 rings (SSSR count). The van der Waals surface area contributed by atoms with Crippen molar-refractivity contribution in [2.75, 3.05) is 0 Å². The molecule has 0 fully saturated rings. The van der Waals surface area contributed by atoms with E-state index in [1.807, 2.05) is 55.3 Å². The van der Waals surface area contributed by atoms with Crippen molar-refractivity contribution in [2.45, 2.75) is 19.5 Å². The Balaban J connectivity index is 1.65. The summed E-state index contributed by atoms with van der Waals surface area (Å²) in [5.41, 5.74) is 2.83. The number of rotatable bonds is 5. The lowest BCUT2D eigenvalue weighted by atomic mass is 10.2. The van der Waals surface area contributed by atoms with Crippen LogP contribution in [0.2, 0.25) is 0 Å². The van der Waals surface area contributed by atoms with Crippen LogP contribution in [0, 0.1) is 0 Å². The maximum Gasteiger partial charge on any atom is 0.268 e. The van der Waals surface area contributed by atoms with E-state index < -0.39 is 0 Å². The Morgan fingerprint density at radius 2 is 2.00 bits per heavy atom. The van der Waals surface area contributed by atoms with E-state index in [0.29, 0.717) is 5.69 Å². The second-order valence-electron chi connectivity index (χ2n) is 5.66. The average molecular weight is 308 g/mol. The van der Waals surface area contributed by atoms with Crippen molar-refractivity contribution < 1.29 is 4.79 Å². The molecule has 0 bridgehead atoms. The summed E-state index contributed by atoms with van der Waals surface area (Å²) in [7, 11) is 1.86. The number of benzene rings is 1. The number of aromatic nitrogens is 3. The zero-order valence-corrected chi connectivity index (χ0v) is 13.3.